The van der Waals surface area contributed by atoms with E-state index in [-0.39, 0.29) is 6.54 Å². The number of ether oxygens (including phenoxy) is 2. The average Bonchev–Trinajstić information content (AvgIpc) is 2.71. The molecule has 0 fully saturated rings. The summed E-state index contributed by atoms with van der Waals surface area (Å²) in [6.07, 6.45) is 0. The molecule has 0 aliphatic rings. The van der Waals surface area contributed by atoms with Gasteiger partial charge < -0.3 is 14.8 Å². The summed E-state index contributed by atoms with van der Waals surface area (Å²) < 4.78 is 11.7. The highest BCUT2D eigenvalue weighted by molar-refractivity contribution is 6.33. The number of anilines is 1. The van der Waals surface area contributed by atoms with E-state index in [1.807, 2.05) is 0 Å². The lowest BCUT2D eigenvalue weighted by molar-refractivity contribution is -0.117. The van der Waals surface area contributed by atoms with Gasteiger partial charge in [-0.2, -0.15) is 5.10 Å². The third-order valence-corrected chi connectivity index (χ3v) is 4.32. The number of nitrogens with one attached hydrogen (secondary N) is 1. The van der Waals surface area contributed by atoms with Crippen molar-refractivity contribution < 1.29 is 14.3 Å². The van der Waals surface area contributed by atoms with Crippen LogP contribution in [0.1, 0.15) is 0 Å². The maximum atomic E-state index is 12.3. The van der Waals surface area contributed by atoms with E-state index in [9.17, 15) is 9.59 Å². The number of rotatable bonds is 6. The molecule has 0 saturated carbocycles. The SMILES string of the molecule is COc1ccc(OC)c(-c2ccc(=O)n(CC(=O)Nc3ccccc3Cl)n2)c1. The first kappa shape index (κ1) is 19.4. The molecule has 0 radical (unpaired) electrons. The van der Waals surface area contributed by atoms with Gasteiger partial charge in [0.05, 0.1) is 30.6 Å². The number of halogens is 1. The van der Waals surface area contributed by atoms with Gasteiger partial charge in [0.15, 0.2) is 0 Å². The molecule has 2 aromatic carbocycles. The summed E-state index contributed by atoms with van der Waals surface area (Å²) in [5.41, 5.74) is 1.18. The van der Waals surface area contributed by atoms with Gasteiger partial charge in [-0.1, -0.05) is 23.7 Å². The Kier molecular flexibility index (Phi) is 5.96. The maximum Gasteiger partial charge on any atom is 0.267 e. The fourth-order valence-electron chi connectivity index (χ4n) is 2.61. The molecule has 28 heavy (non-hydrogen) atoms. The Morgan fingerprint density at radius 1 is 1.11 bits per heavy atom. The highest BCUT2D eigenvalue weighted by Gasteiger charge is 2.13. The highest BCUT2D eigenvalue weighted by Crippen LogP contribution is 2.31. The molecule has 1 N–H and O–H groups in total. The van der Waals surface area contributed by atoms with Crippen molar-refractivity contribution in [3.63, 3.8) is 0 Å². The Morgan fingerprint density at radius 2 is 1.89 bits per heavy atom. The van der Waals surface area contributed by atoms with Crippen molar-refractivity contribution >= 4 is 23.2 Å². The number of nitrogens with zero attached hydrogens (tertiary/aromatic N) is 2. The van der Waals surface area contributed by atoms with E-state index in [1.165, 1.54) is 6.07 Å². The van der Waals surface area contributed by atoms with Gasteiger partial charge >= 0.3 is 0 Å². The number of methoxy groups -OCH3 is 2. The molecule has 1 amide bonds. The molecule has 1 heterocycles. The van der Waals surface area contributed by atoms with Crippen molar-refractivity contribution in [1.82, 2.24) is 9.78 Å². The summed E-state index contributed by atoms with van der Waals surface area (Å²) >= 11 is 6.05. The lowest BCUT2D eigenvalue weighted by Crippen LogP contribution is -2.29. The lowest BCUT2D eigenvalue weighted by Gasteiger charge is -2.12. The largest absolute Gasteiger partial charge is 0.497 e. The second-order valence-electron chi connectivity index (χ2n) is 5.81. The zero-order valence-corrected chi connectivity index (χ0v) is 16.1. The molecule has 0 bridgehead atoms. The van der Waals surface area contributed by atoms with Gasteiger partial charge in [-0.3, -0.25) is 9.59 Å². The Balaban J connectivity index is 1.89. The second-order valence-corrected chi connectivity index (χ2v) is 6.22. The molecular formula is C20H18ClN3O4. The zero-order chi connectivity index (χ0) is 20.1. The van der Waals surface area contributed by atoms with Crippen molar-refractivity contribution in [1.29, 1.82) is 0 Å². The van der Waals surface area contributed by atoms with Gasteiger partial charge in [0.2, 0.25) is 5.91 Å². The van der Waals surface area contributed by atoms with Gasteiger partial charge in [0, 0.05) is 11.6 Å². The molecule has 0 saturated heterocycles. The molecule has 0 unspecified atom stereocenters. The zero-order valence-electron chi connectivity index (χ0n) is 15.3. The molecular weight excluding hydrogens is 382 g/mol. The van der Waals surface area contributed by atoms with Crippen molar-refractivity contribution in [3.05, 3.63) is 70.0 Å². The molecule has 7 nitrogen and oxygen atoms in total. The van der Waals surface area contributed by atoms with E-state index >= 15 is 0 Å². The minimum atomic E-state index is -0.419. The Morgan fingerprint density at radius 3 is 2.61 bits per heavy atom. The summed E-state index contributed by atoms with van der Waals surface area (Å²) in [5, 5.41) is 7.38. The number of para-hydroxylation sites is 1. The molecule has 1 aromatic heterocycles. The van der Waals surface area contributed by atoms with E-state index in [4.69, 9.17) is 21.1 Å². The Hall–Kier alpha value is -3.32. The molecule has 3 aromatic rings. The van der Waals surface area contributed by atoms with Gasteiger partial charge in [0.1, 0.15) is 18.0 Å². The number of carbonyl (C=O) groups excluding carboxylic acids is 1. The Bertz CT molecular complexity index is 1070. The summed E-state index contributed by atoms with van der Waals surface area (Å²) in [4.78, 5) is 24.5. The molecule has 0 aliphatic carbocycles. The monoisotopic (exact) mass is 399 g/mol. The predicted octanol–water partition coefficient (Wildman–Crippen LogP) is 3.22. The van der Waals surface area contributed by atoms with Crippen molar-refractivity contribution in [2.45, 2.75) is 6.54 Å². The van der Waals surface area contributed by atoms with Crippen molar-refractivity contribution in [2.75, 3.05) is 19.5 Å². The molecule has 0 aliphatic heterocycles. The topological polar surface area (TPSA) is 82.5 Å². The fraction of sp³-hybridized carbons (Fsp3) is 0.150. The van der Waals surface area contributed by atoms with Crippen LogP contribution in [-0.2, 0) is 11.3 Å². The van der Waals surface area contributed by atoms with Crippen LogP contribution in [0.3, 0.4) is 0 Å². The van der Waals surface area contributed by atoms with Crippen LogP contribution in [0.25, 0.3) is 11.3 Å². The van der Waals surface area contributed by atoms with Gasteiger partial charge in [-0.15, -0.1) is 0 Å². The summed E-state index contributed by atoms with van der Waals surface area (Å²) in [7, 11) is 3.09. The maximum absolute atomic E-state index is 12.3. The summed E-state index contributed by atoms with van der Waals surface area (Å²) in [6, 6.07) is 15.0. The van der Waals surface area contributed by atoms with Crippen LogP contribution in [0.4, 0.5) is 5.69 Å². The van der Waals surface area contributed by atoms with Gasteiger partial charge in [-0.25, -0.2) is 4.68 Å². The predicted molar refractivity (Wildman–Crippen MR) is 107 cm³/mol. The first-order chi connectivity index (χ1) is 13.5. The number of hydrogen-bond donors (Lipinski definition) is 1. The lowest BCUT2D eigenvalue weighted by atomic mass is 10.1. The van der Waals surface area contributed by atoms with E-state index in [0.29, 0.717) is 33.5 Å². The standard InChI is InChI=1S/C20H18ClN3O4/c1-27-13-7-9-18(28-2)14(11-13)16-8-10-20(26)24(23-16)12-19(25)22-17-6-4-3-5-15(17)21/h3-11H,12H2,1-2H3,(H,22,25). The highest BCUT2D eigenvalue weighted by atomic mass is 35.5. The third-order valence-electron chi connectivity index (χ3n) is 3.99. The Labute approximate surface area is 166 Å². The van der Waals surface area contributed by atoms with Crippen LogP contribution in [-0.4, -0.2) is 29.9 Å². The summed E-state index contributed by atoms with van der Waals surface area (Å²) in [5.74, 6) is 0.767. The number of benzene rings is 2. The van der Waals surface area contributed by atoms with Crippen molar-refractivity contribution in [3.8, 4) is 22.8 Å². The van der Waals surface area contributed by atoms with E-state index < -0.39 is 11.5 Å². The van der Waals surface area contributed by atoms with Crippen LogP contribution < -0.4 is 20.3 Å². The second kappa shape index (κ2) is 8.58. The number of hydrogen-bond acceptors (Lipinski definition) is 5. The number of aromatic nitrogens is 2. The fourth-order valence-corrected chi connectivity index (χ4v) is 2.79. The summed E-state index contributed by atoms with van der Waals surface area (Å²) in [6.45, 7) is -0.260. The third kappa shape index (κ3) is 4.32. The van der Waals surface area contributed by atoms with Crippen LogP contribution in [0.2, 0.25) is 5.02 Å². The molecule has 0 spiro atoms. The molecule has 144 valence electrons. The van der Waals surface area contributed by atoms with Gasteiger partial charge in [-0.05, 0) is 36.4 Å². The normalized spacial score (nSPS) is 10.4. The average molecular weight is 400 g/mol. The number of amides is 1. The van der Waals surface area contributed by atoms with Crippen LogP contribution in [0, 0.1) is 0 Å². The minimum Gasteiger partial charge on any atom is -0.497 e. The molecule has 0 atom stereocenters. The minimum absolute atomic E-state index is 0.260. The van der Waals surface area contributed by atoms with E-state index in [0.717, 1.165) is 4.68 Å². The van der Waals surface area contributed by atoms with Gasteiger partial charge in [0.25, 0.3) is 5.56 Å². The first-order valence-corrected chi connectivity index (χ1v) is 8.74. The van der Waals surface area contributed by atoms with Crippen LogP contribution >= 0.6 is 11.6 Å². The quantitative estimate of drug-likeness (QED) is 0.688. The van der Waals surface area contributed by atoms with E-state index in [1.54, 1.807) is 62.8 Å². The molecule has 8 heteroatoms. The number of carbonyl (C=O) groups is 1. The van der Waals surface area contributed by atoms with E-state index in [2.05, 4.69) is 10.4 Å². The van der Waals surface area contributed by atoms with Crippen LogP contribution in [0.5, 0.6) is 11.5 Å². The van der Waals surface area contributed by atoms with Crippen LogP contribution in [0.15, 0.2) is 59.4 Å². The van der Waals surface area contributed by atoms with Crippen molar-refractivity contribution in [2.24, 2.45) is 0 Å². The first-order valence-electron chi connectivity index (χ1n) is 8.37. The molecule has 3 rings (SSSR count). The smallest absolute Gasteiger partial charge is 0.267 e.